The van der Waals surface area contributed by atoms with Crippen LogP contribution in [0, 0.1) is 34.6 Å². The molecule has 0 aliphatic carbocycles. The summed E-state index contributed by atoms with van der Waals surface area (Å²) in [4.78, 5) is 27.5. The van der Waals surface area contributed by atoms with Gasteiger partial charge in [-0.15, -0.1) is 56.7 Å². The fraction of sp³-hybridized carbons (Fsp3) is 0.634. The highest BCUT2D eigenvalue weighted by molar-refractivity contribution is 7.12. The second kappa shape index (κ2) is 23.0. The Kier molecular flexibility index (Phi) is 21.3. The number of aromatic nitrogens is 5. The minimum Gasteiger partial charge on any atom is -0.249 e. The van der Waals surface area contributed by atoms with Crippen molar-refractivity contribution in [1.82, 2.24) is 24.9 Å². The normalized spacial score (nSPS) is 11.1. The molecule has 0 bridgehead atoms. The average Bonchev–Trinajstić information content (AvgIpc) is 3.86. The van der Waals surface area contributed by atoms with E-state index in [1.165, 1.54) is 62.3 Å². The van der Waals surface area contributed by atoms with Crippen molar-refractivity contribution in [3.05, 3.63) is 79.4 Å². The number of rotatable bonds is 7. The lowest BCUT2D eigenvalue weighted by Crippen LogP contribution is -1.94. The largest absolute Gasteiger partial charge is 0.249 e. The standard InChI is InChI=1S/2C10H17NS.3C7H11NS/c1-6(2)9-10(7(3)4)12-8(5)11-9;1-6(2)9-8(5)12-10(11-9)7(3)4;1-5(2)7-6(3)9-4-8-7;1-5(2)7-4-9-6(3)8-7;1-5(2)7-8-4-6(3)9-7/h2*6-7H,1-5H3;3*4-5H,1-3H3. The Morgan fingerprint density at radius 1 is 0.451 bits per heavy atom. The summed E-state index contributed by atoms with van der Waals surface area (Å²) in [6.07, 6.45) is 1.93. The molecule has 0 N–H and O–H groups in total. The van der Waals surface area contributed by atoms with Gasteiger partial charge in [-0.3, -0.25) is 0 Å². The van der Waals surface area contributed by atoms with Gasteiger partial charge in [0.25, 0.3) is 0 Å². The smallest absolute Gasteiger partial charge is 0.0956 e. The van der Waals surface area contributed by atoms with Crippen LogP contribution in [0.5, 0.6) is 0 Å². The Labute approximate surface area is 331 Å². The zero-order valence-electron chi connectivity index (χ0n) is 35.1. The lowest BCUT2D eigenvalue weighted by molar-refractivity contribution is 0.778. The Morgan fingerprint density at radius 3 is 1.27 bits per heavy atom. The van der Waals surface area contributed by atoms with Gasteiger partial charge in [0.1, 0.15) is 0 Å². The summed E-state index contributed by atoms with van der Waals surface area (Å²) in [5.74, 6) is 4.06. The first kappa shape index (κ1) is 47.2. The zero-order chi connectivity index (χ0) is 39.2. The highest BCUT2D eigenvalue weighted by Crippen LogP contribution is 2.31. The van der Waals surface area contributed by atoms with Gasteiger partial charge in [-0.1, -0.05) is 96.9 Å². The maximum absolute atomic E-state index is 4.63. The molecule has 5 nitrogen and oxygen atoms in total. The van der Waals surface area contributed by atoms with Crippen molar-refractivity contribution in [2.45, 2.75) is 173 Å². The van der Waals surface area contributed by atoms with Gasteiger partial charge in [-0.25, -0.2) is 24.9 Å². The van der Waals surface area contributed by atoms with Gasteiger partial charge in [0.2, 0.25) is 0 Å². The third-order valence-corrected chi connectivity index (χ3v) is 12.8. The molecule has 10 heteroatoms. The summed E-state index contributed by atoms with van der Waals surface area (Å²) in [7, 11) is 0. The monoisotopic (exact) mass is 789 g/mol. The third-order valence-electron chi connectivity index (χ3n) is 7.44. The van der Waals surface area contributed by atoms with Crippen molar-refractivity contribution >= 4 is 56.7 Å². The fourth-order valence-corrected chi connectivity index (χ4v) is 9.10. The molecule has 0 aromatic carbocycles. The van der Waals surface area contributed by atoms with Crippen LogP contribution in [-0.2, 0) is 0 Å². The molecule has 5 heterocycles. The van der Waals surface area contributed by atoms with E-state index in [9.17, 15) is 0 Å². The molecule has 0 unspecified atom stereocenters. The summed E-state index contributed by atoms with van der Waals surface area (Å²) in [5.41, 5.74) is 6.96. The topological polar surface area (TPSA) is 64.5 Å². The minimum absolute atomic E-state index is 0.562. The maximum Gasteiger partial charge on any atom is 0.0956 e. The van der Waals surface area contributed by atoms with E-state index in [1.807, 2.05) is 41.3 Å². The molecule has 0 aliphatic heterocycles. The zero-order valence-corrected chi connectivity index (χ0v) is 39.1. The lowest BCUT2D eigenvalue weighted by atomic mass is 10.0. The molecular formula is C41H67N5S5. The molecule has 0 saturated heterocycles. The molecule has 0 radical (unpaired) electrons. The van der Waals surface area contributed by atoms with Crippen LogP contribution in [0.3, 0.4) is 0 Å². The van der Waals surface area contributed by atoms with Crippen LogP contribution >= 0.6 is 56.7 Å². The predicted molar refractivity (Wildman–Crippen MR) is 233 cm³/mol. The predicted octanol–water partition coefficient (Wildman–Crippen LogP) is 15.1. The molecule has 51 heavy (non-hydrogen) atoms. The number of thiazole rings is 5. The first-order valence-electron chi connectivity index (χ1n) is 18.3. The number of hydrogen-bond donors (Lipinski definition) is 0. The third kappa shape index (κ3) is 16.8. The van der Waals surface area contributed by atoms with Crippen molar-refractivity contribution in [2.75, 3.05) is 0 Å². The van der Waals surface area contributed by atoms with Crippen LogP contribution in [0.2, 0.25) is 0 Å². The molecule has 5 aromatic heterocycles. The van der Waals surface area contributed by atoms with Gasteiger partial charge in [-0.2, -0.15) is 0 Å². The summed E-state index contributed by atoms with van der Waals surface area (Å²) in [6.45, 7) is 41.2. The maximum atomic E-state index is 4.63. The van der Waals surface area contributed by atoms with Crippen molar-refractivity contribution in [3.8, 4) is 0 Å². The highest BCUT2D eigenvalue weighted by atomic mass is 32.1. The summed E-state index contributed by atoms with van der Waals surface area (Å²) in [6, 6.07) is 0. The van der Waals surface area contributed by atoms with Gasteiger partial charge < -0.3 is 0 Å². The molecule has 5 aromatic rings. The Balaban J connectivity index is 0.000000321. The van der Waals surface area contributed by atoms with E-state index >= 15 is 0 Å². The van der Waals surface area contributed by atoms with Crippen molar-refractivity contribution in [2.24, 2.45) is 0 Å². The molecule has 0 spiro atoms. The molecule has 0 amide bonds. The Bertz CT molecular complexity index is 1590. The quantitative estimate of drug-likeness (QED) is 0.164. The van der Waals surface area contributed by atoms with Gasteiger partial charge in [0.15, 0.2) is 0 Å². The van der Waals surface area contributed by atoms with Crippen LogP contribution in [0.4, 0.5) is 0 Å². The van der Waals surface area contributed by atoms with Crippen LogP contribution in [0.25, 0.3) is 0 Å². The molecule has 0 saturated carbocycles. The Morgan fingerprint density at radius 2 is 1.02 bits per heavy atom. The van der Waals surface area contributed by atoms with Crippen molar-refractivity contribution in [1.29, 1.82) is 0 Å². The molecule has 5 rings (SSSR count). The van der Waals surface area contributed by atoms with E-state index in [0.717, 1.165) is 0 Å². The summed E-state index contributed by atoms with van der Waals surface area (Å²) in [5, 5.41) is 7.00. The van der Waals surface area contributed by atoms with E-state index in [-0.39, 0.29) is 0 Å². The van der Waals surface area contributed by atoms with E-state index < -0.39 is 0 Å². The van der Waals surface area contributed by atoms with Crippen LogP contribution < -0.4 is 0 Å². The second-order valence-electron chi connectivity index (χ2n) is 15.0. The Hall–Kier alpha value is -1.85. The van der Waals surface area contributed by atoms with Crippen LogP contribution in [-0.4, -0.2) is 24.9 Å². The SMILES string of the molecule is Cc1cnc(C(C)C)s1.Cc1nc(C(C)C)c(C(C)C)s1.Cc1nc(C(C)C)cs1.Cc1sc(C(C)C)nc1C(C)C.Cc1scnc1C(C)C. The molecule has 286 valence electrons. The summed E-state index contributed by atoms with van der Waals surface area (Å²) < 4.78 is 0. The first-order chi connectivity index (χ1) is 23.7. The van der Waals surface area contributed by atoms with Gasteiger partial charge in [-0.05, 0) is 64.2 Å². The summed E-state index contributed by atoms with van der Waals surface area (Å²) >= 11 is 8.91. The first-order valence-corrected chi connectivity index (χ1v) is 22.5. The van der Waals surface area contributed by atoms with Gasteiger partial charge in [0.05, 0.1) is 48.3 Å². The number of nitrogens with zero attached hydrogens (tertiary/aromatic N) is 5. The van der Waals surface area contributed by atoms with Crippen molar-refractivity contribution in [3.63, 3.8) is 0 Å². The average molecular weight is 790 g/mol. The molecule has 0 atom stereocenters. The van der Waals surface area contributed by atoms with E-state index in [0.29, 0.717) is 41.4 Å². The minimum atomic E-state index is 0.562. The second-order valence-corrected chi connectivity index (χ2v) is 20.8. The van der Waals surface area contributed by atoms with Gasteiger partial charge in [0, 0.05) is 42.9 Å². The van der Waals surface area contributed by atoms with Crippen LogP contribution in [0.15, 0.2) is 17.1 Å². The molecule has 0 fully saturated rings. The van der Waals surface area contributed by atoms with Gasteiger partial charge >= 0.3 is 0 Å². The fourth-order valence-electron chi connectivity index (χ4n) is 4.65. The number of aryl methyl sites for hydroxylation is 5. The van der Waals surface area contributed by atoms with Crippen molar-refractivity contribution < 1.29 is 0 Å². The molecular weight excluding hydrogens is 723 g/mol. The van der Waals surface area contributed by atoms with E-state index in [2.05, 4.69) is 155 Å². The highest BCUT2D eigenvalue weighted by Gasteiger charge is 2.15. The lowest BCUT2D eigenvalue weighted by Gasteiger charge is -2.07. The van der Waals surface area contributed by atoms with E-state index in [4.69, 9.17) is 0 Å². The van der Waals surface area contributed by atoms with E-state index in [1.54, 1.807) is 34.0 Å². The molecule has 0 aliphatic rings. The van der Waals surface area contributed by atoms with Crippen LogP contribution in [0.1, 0.15) is 201 Å². The number of hydrogen-bond acceptors (Lipinski definition) is 10.